The van der Waals surface area contributed by atoms with E-state index in [1.807, 2.05) is 0 Å². The zero-order valence-corrected chi connectivity index (χ0v) is 18.7. The molecule has 3 atom stereocenters. The van der Waals surface area contributed by atoms with Crippen LogP contribution in [0.25, 0.3) is 0 Å². The highest BCUT2D eigenvalue weighted by molar-refractivity contribution is 5.90. The Morgan fingerprint density at radius 2 is 1.60 bits per heavy atom. The average Bonchev–Trinajstić information content (AvgIpc) is 2.87. The van der Waals surface area contributed by atoms with Crippen molar-refractivity contribution in [2.45, 2.75) is 25.1 Å². The number of esters is 2. The normalized spacial score (nSPS) is 14.4. The molecule has 0 amide bonds. The Balaban J connectivity index is 1.86. The summed E-state index contributed by atoms with van der Waals surface area (Å²) in [5, 5.41) is 0. The summed E-state index contributed by atoms with van der Waals surface area (Å²) in [4.78, 5) is 40.4. The number of anilines is 1. The second kappa shape index (κ2) is 11.3. The zero-order valence-electron chi connectivity index (χ0n) is 18.7. The molecule has 0 unspecified atom stereocenters. The van der Waals surface area contributed by atoms with Crippen molar-refractivity contribution in [2.24, 2.45) is 0 Å². The molecular weight excluding hydrogens is 464 g/mol. The van der Waals surface area contributed by atoms with Crippen LogP contribution in [0.5, 0.6) is 0 Å². The minimum Gasteiger partial charge on any atom is -0.456 e. The third-order valence-electron chi connectivity index (χ3n) is 4.94. The minimum absolute atomic E-state index is 0.127. The van der Waals surface area contributed by atoms with Gasteiger partial charge in [0.25, 0.3) is 5.85 Å². The summed E-state index contributed by atoms with van der Waals surface area (Å²) in [6.07, 6.45) is -2.44. The number of carbonyl (C=O) groups is 2. The van der Waals surface area contributed by atoms with Crippen LogP contribution in [0, 0.1) is 0 Å². The maximum Gasteiger partial charge on any atom is 0.351 e. The van der Waals surface area contributed by atoms with Gasteiger partial charge in [-0.3, -0.25) is 4.57 Å². The molecule has 0 saturated heterocycles. The maximum atomic E-state index is 16.2. The summed E-state index contributed by atoms with van der Waals surface area (Å²) < 4.78 is 46.2. The second-order valence-electron chi connectivity index (χ2n) is 7.41. The van der Waals surface area contributed by atoms with Gasteiger partial charge in [-0.25, -0.2) is 23.2 Å². The number of ether oxygens (including phenoxy) is 3. The fourth-order valence-corrected chi connectivity index (χ4v) is 2.99. The van der Waals surface area contributed by atoms with E-state index in [9.17, 15) is 18.8 Å². The molecule has 3 aromatic rings. The topological polar surface area (TPSA) is 123 Å². The van der Waals surface area contributed by atoms with Gasteiger partial charge in [0, 0.05) is 6.20 Å². The highest BCUT2D eigenvalue weighted by atomic mass is 19.2. The standard InChI is InChI=1S/C24H23F2N3O6/c1-16(34-22(31)18-10-6-3-7-11-18)24(26,15-33-21(30)17-8-4-2-5-9-17)35-20(14-25)29-13-12-19(27)28-23(29)32/h2-13,16,20H,14-15H2,1H3,(H2,27,28,32)/t16-,20+,24+/m0/s1. The molecule has 3 rings (SSSR count). The molecule has 0 bridgehead atoms. The number of rotatable bonds is 10. The van der Waals surface area contributed by atoms with E-state index in [0.717, 1.165) is 13.1 Å². The molecule has 0 saturated carbocycles. The molecule has 184 valence electrons. The molecule has 2 N–H and O–H groups in total. The van der Waals surface area contributed by atoms with E-state index >= 15 is 4.39 Å². The summed E-state index contributed by atoms with van der Waals surface area (Å²) in [5.41, 5.74) is 4.71. The first-order valence-electron chi connectivity index (χ1n) is 10.5. The fraction of sp³-hybridized carbons (Fsp3) is 0.250. The lowest BCUT2D eigenvalue weighted by molar-refractivity contribution is -0.262. The quantitative estimate of drug-likeness (QED) is 0.433. The van der Waals surface area contributed by atoms with Crippen LogP contribution in [0.3, 0.4) is 0 Å². The highest BCUT2D eigenvalue weighted by Crippen LogP contribution is 2.28. The van der Waals surface area contributed by atoms with Gasteiger partial charge in [0.05, 0.1) is 11.1 Å². The highest BCUT2D eigenvalue weighted by Gasteiger charge is 2.45. The Labute approximate surface area is 199 Å². The van der Waals surface area contributed by atoms with Gasteiger partial charge in [-0.1, -0.05) is 36.4 Å². The van der Waals surface area contributed by atoms with E-state index in [1.54, 1.807) is 36.4 Å². The Kier molecular flexibility index (Phi) is 8.26. The minimum atomic E-state index is -3.05. The smallest absolute Gasteiger partial charge is 0.351 e. The van der Waals surface area contributed by atoms with Gasteiger partial charge in [-0.05, 0) is 37.3 Å². The van der Waals surface area contributed by atoms with Gasteiger partial charge in [-0.15, -0.1) is 0 Å². The fourth-order valence-electron chi connectivity index (χ4n) is 2.99. The van der Waals surface area contributed by atoms with E-state index in [0.29, 0.717) is 4.57 Å². The summed E-state index contributed by atoms with van der Waals surface area (Å²) >= 11 is 0. The lowest BCUT2D eigenvalue weighted by atomic mass is 10.1. The van der Waals surface area contributed by atoms with Gasteiger partial charge in [0.15, 0.2) is 18.9 Å². The number of halogens is 2. The Hall–Kier alpha value is -4.12. The molecular formula is C24H23F2N3O6. The first-order valence-corrected chi connectivity index (χ1v) is 10.5. The Morgan fingerprint density at radius 3 is 2.14 bits per heavy atom. The van der Waals surface area contributed by atoms with E-state index < -0.39 is 49.1 Å². The molecule has 2 aromatic carbocycles. The van der Waals surface area contributed by atoms with Crippen molar-refractivity contribution in [2.75, 3.05) is 19.0 Å². The molecule has 1 heterocycles. The summed E-state index contributed by atoms with van der Waals surface area (Å²) in [7, 11) is 0. The summed E-state index contributed by atoms with van der Waals surface area (Å²) in [6, 6.07) is 16.7. The van der Waals surface area contributed by atoms with Crippen LogP contribution in [-0.2, 0) is 14.2 Å². The third kappa shape index (κ3) is 6.48. The van der Waals surface area contributed by atoms with E-state index in [2.05, 4.69) is 4.98 Å². The largest absolute Gasteiger partial charge is 0.456 e. The summed E-state index contributed by atoms with van der Waals surface area (Å²) in [6.45, 7) is -1.28. The number of benzene rings is 2. The predicted molar refractivity (Wildman–Crippen MR) is 121 cm³/mol. The lowest BCUT2D eigenvalue weighted by Crippen LogP contribution is -2.49. The van der Waals surface area contributed by atoms with Crippen LogP contribution in [0.1, 0.15) is 33.9 Å². The lowest BCUT2D eigenvalue weighted by Gasteiger charge is -2.33. The monoisotopic (exact) mass is 487 g/mol. The van der Waals surface area contributed by atoms with Crippen LogP contribution < -0.4 is 11.4 Å². The van der Waals surface area contributed by atoms with Crippen molar-refractivity contribution in [3.63, 3.8) is 0 Å². The molecule has 0 spiro atoms. The van der Waals surface area contributed by atoms with Crippen molar-refractivity contribution >= 4 is 17.8 Å². The number of alkyl halides is 2. The molecule has 11 heteroatoms. The number of nitrogen functional groups attached to an aromatic ring is 1. The van der Waals surface area contributed by atoms with Crippen molar-refractivity contribution in [3.8, 4) is 0 Å². The van der Waals surface area contributed by atoms with Gasteiger partial charge in [-0.2, -0.15) is 4.98 Å². The van der Waals surface area contributed by atoms with Crippen LogP contribution in [-0.4, -0.2) is 46.7 Å². The maximum absolute atomic E-state index is 16.2. The van der Waals surface area contributed by atoms with E-state index in [4.69, 9.17) is 19.9 Å². The molecule has 0 aliphatic carbocycles. The average molecular weight is 487 g/mol. The number of hydrogen-bond acceptors (Lipinski definition) is 8. The second-order valence-corrected chi connectivity index (χ2v) is 7.41. The van der Waals surface area contributed by atoms with Crippen molar-refractivity contribution < 1.29 is 32.6 Å². The van der Waals surface area contributed by atoms with Gasteiger partial charge in [0.2, 0.25) is 0 Å². The molecule has 1 aromatic heterocycles. The molecule has 35 heavy (non-hydrogen) atoms. The SMILES string of the molecule is C[C@H](OC(=O)c1ccccc1)[C@@](F)(COC(=O)c1ccccc1)O[C@H](CF)n1ccc(N)nc1=O. The predicted octanol–water partition coefficient (Wildman–Crippen LogP) is 3.08. The van der Waals surface area contributed by atoms with E-state index in [1.165, 1.54) is 30.3 Å². The Bertz CT molecular complexity index is 1210. The first kappa shape index (κ1) is 25.5. The first-order chi connectivity index (χ1) is 16.7. The number of hydrogen-bond donors (Lipinski definition) is 1. The van der Waals surface area contributed by atoms with Crippen molar-refractivity contribution in [1.82, 2.24) is 9.55 Å². The Morgan fingerprint density at radius 1 is 1.03 bits per heavy atom. The van der Waals surface area contributed by atoms with Crippen LogP contribution >= 0.6 is 0 Å². The number of carbonyl (C=O) groups excluding carboxylic acids is 2. The van der Waals surface area contributed by atoms with Gasteiger partial charge >= 0.3 is 17.6 Å². The van der Waals surface area contributed by atoms with Crippen LogP contribution in [0.2, 0.25) is 0 Å². The zero-order chi connectivity index (χ0) is 25.4. The number of aromatic nitrogens is 2. The number of nitrogens with zero attached hydrogens (tertiary/aromatic N) is 2. The van der Waals surface area contributed by atoms with Crippen molar-refractivity contribution in [3.05, 3.63) is 94.5 Å². The third-order valence-corrected chi connectivity index (χ3v) is 4.94. The number of nitrogens with two attached hydrogens (primary N) is 1. The molecule has 0 radical (unpaired) electrons. The van der Waals surface area contributed by atoms with Crippen LogP contribution in [0.4, 0.5) is 14.6 Å². The van der Waals surface area contributed by atoms with Crippen LogP contribution in [0.15, 0.2) is 77.7 Å². The molecule has 0 aliphatic heterocycles. The van der Waals surface area contributed by atoms with Crippen molar-refractivity contribution in [1.29, 1.82) is 0 Å². The summed E-state index contributed by atoms with van der Waals surface area (Å²) in [5.74, 6) is -4.95. The van der Waals surface area contributed by atoms with Gasteiger partial charge in [0.1, 0.15) is 12.5 Å². The molecule has 0 aliphatic rings. The molecule has 0 fully saturated rings. The molecule has 9 nitrogen and oxygen atoms in total. The van der Waals surface area contributed by atoms with Gasteiger partial charge < -0.3 is 19.9 Å². The van der Waals surface area contributed by atoms with E-state index in [-0.39, 0.29) is 16.9 Å².